The van der Waals surface area contributed by atoms with Gasteiger partial charge in [0, 0.05) is 30.4 Å². The molecule has 84 valence electrons. The van der Waals surface area contributed by atoms with Crippen molar-refractivity contribution in [3.8, 4) is 0 Å². The van der Waals surface area contributed by atoms with Gasteiger partial charge in [-0.15, -0.1) is 0 Å². The van der Waals surface area contributed by atoms with Crippen molar-refractivity contribution in [1.29, 1.82) is 0 Å². The molecule has 0 amide bonds. The van der Waals surface area contributed by atoms with Gasteiger partial charge in [0.05, 0.1) is 0 Å². The Kier molecular flexibility index (Phi) is 5.28. The van der Waals surface area contributed by atoms with Crippen molar-refractivity contribution in [3.63, 3.8) is 0 Å². The third-order valence-electron chi connectivity index (χ3n) is 2.37. The van der Waals surface area contributed by atoms with E-state index in [2.05, 4.69) is 43.2 Å². The molecule has 2 nitrogen and oxygen atoms in total. The van der Waals surface area contributed by atoms with Crippen LogP contribution < -0.4 is 10.6 Å². The molecule has 1 rings (SSSR count). The van der Waals surface area contributed by atoms with Crippen LogP contribution in [0.2, 0.25) is 0 Å². The molecule has 0 aromatic heterocycles. The molecular weight excluding hydrogens is 192 g/mol. The predicted molar refractivity (Wildman–Crippen MR) is 66.1 cm³/mol. The van der Waals surface area contributed by atoms with Crippen molar-refractivity contribution in [2.75, 3.05) is 24.6 Å². The first-order valence-corrected chi connectivity index (χ1v) is 6.79. The summed E-state index contributed by atoms with van der Waals surface area (Å²) in [4.78, 5) is 0. The van der Waals surface area contributed by atoms with E-state index in [1.54, 1.807) is 0 Å². The fourth-order valence-electron chi connectivity index (χ4n) is 1.62. The van der Waals surface area contributed by atoms with E-state index in [-0.39, 0.29) is 5.54 Å². The van der Waals surface area contributed by atoms with Crippen LogP contribution in [0.4, 0.5) is 0 Å². The van der Waals surface area contributed by atoms with Crippen LogP contribution in [0.1, 0.15) is 33.6 Å². The molecule has 2 N–H and O–H groups in total. The van der Waals surface area contributed by atoms with Gasteiger partial charge >= 0.3 is 0 Å². The standard InChI is InChI=1S/C11H24N2S/c1-11(2,3)13-7-6-12-10-5-4-8-14-9-10/h10,12-13H,4-9H2,1-3H3. The molecule has 1 heterocycles. The monoisotopic (exact) mass is 216 g/mol. The molecule has 0 aromatic rings. The van der Waals surface area contributed by atoms with Gasteiger partial charge in [-0.05, 0) is 39.4 Å². The van der Waals surface area contributed by atoms with Crippen molar-refractivity contribution >= 4 is 11.8 Å². The quantitative estimate of drug-likeness (QED) is 0.702. The highest BCUT2D eigenvalue weighted by Gasteiger charge is 2.13. The van der Waals surface area contributed by atoms with Gasteiger partial charge in [0.15, 0.2) is 0 Å². The summed E-state index contributed by atoms with van der Waals surface area (Å²) in [5.41, 5.74) is 0.253. The maximum atomic E-state index is 3.61. The molecule has 1 unspecified atom stereocenters. The molecule has 1 aliphatic rings. The lowest BCUT2D eigenvalue weighted by Gasteiger charge is -2.25. The molecular formula is C11H24N2S. The van der Waals surface area contributed by atoms with E-state index in [0.29, 0.717) is 0 Å². The third-order valence-corrected chi connectivity index (χ3v) is 3.59. The Balaban J connectivity index is 1.97. The van der Waals surface area contributed by atoms with Crippen molar-refractivity contribution < 1.29 is 0 Å². The number of rotatable bonds is 4. The molecule has 1 saturated heterocycles. The van der Waals surface area contributed by atoms with Gasteiger partial charge in [-0.25, -0.2) is 0 Å². The van der Waals surface area contributed by atoms with E-state index in [1.165, 1.54) is 24.3 Å². The lowest BCUT2D eigenvalue weighted by atomic mass is 10.1. The van der Waals surface area contributed by atoms with Crippen molar-refractivity contribution in [3.05, 3.63) is 0 Å². The second-order valence-electron chi connectivity index (χ2n) is 5.04. The summed E-state index contributed by atoms with van der Waals surface area (Å²) in [5.74, 6) is 2.66. The van der Waals surface area contributed by atoms with Gasteiger partial charge < -0.3 is 10.6 Å². The average Bonchev–Trinajstić information content (AvgIpc) is 2.13. The van der Waals surface area contributed by atoms with E-state index in [9.17, 15) is 0 Å². The van der Waals surface area contributed by atoms with Gasteiger partial charge in [0.25, 0.3) is 0 Å². The first kappa shape index (κ1) is 12.3. The minimum absolute atomic E-state index is 0.253. The topological polar surface area (TPSA) is 24.1 Å². The summed E-state index contributed by atoms with van der Waals surface area (Å²) in [5, 5.41) is 7.10. The Morgan fingerprint density at radius 1 is 1.29 bits per heavy atom. The number of hydrogen-bond donors (Lipinski definition) is 2. The molecule has 1 fully saturated rings. The van der Waals surface area contributed by atoms with Crippen LogP contribution in [0, 0.1) is 0 Å². The third kappa shape index (κ3) is 5.89. The molecule has 0 aliphatic carbocycles. The van der Waals surface area contributed by atoms with Crippen LogP contribution >= 0.6 is 11.8 Å². The summed E-state index contributed by atoms with van der Waals surface area (Å²) in [6, 6.07) is 0.760. The van der Waals surface area contributed by atoms with Gasteiger partial charge in [-0.1, -0.05) is 0 Å². The van der Waals surface area contributed by atoms with E-state index >= 15 is 0 Å². The molecule has 3 heteroatoms. The van der Waals surface area contributed by atoms with Crippen LogP contribution in [0.25, 0.3) is 0 Å². The second-order valence-corrected chi connectivity index (χ2v) is 6.19. The maximum absolute atomic E-state index is 3.61. The Hall–Kier alpha value is 0.270. The predicted octanol–water partition coefficient (Wildman–Crippen LogP) is 1.86. The number of thioether (sulfide) groups is 1. The fraction of sp³-hybridized carbons (Fsp3) is 1.00. The highest BCUT2D eigenvalue weighted by Crippen LogP contribution is 2.16. The molecule has 0 bridgehead atoms. The number of nitrogens with one attached hydrogen (secondary N) is 2. The van der Waals surface area contributed by atoms with Gasteiger partial charge in [0.2, 0.25) is 0 Å². The largest absolute Gasteiger partial charge is 0.312 e. The van der Waals surface area contributed by atoms with E-state index in [4.69, 9.17) is 0 Å². The average molecular weight is 216 g/mol. The lowest BCUT2D eigenvalue weighted by Crippen LogP contribution is -2.43. The number of hydrogen-bond acceptors (Lipinski definition) is 3. The Labute approximate surface area is 92.6 Å². The van der Waals surface area contributed by atoms with Crippen LogP contribution in [-0.4, -0.2) is 36.2 Å². The molecule has 0 saturated carbocycles. The zero-order valence-electron chi connectivity index (χ0n) is 9.73. The molecule has 0 radical (unpaired) electrons. The highest BCUT2D eigenvalue weighted by atomic mass is 32.2. The minimum Gasteiger partial charge on any atom is -0.312 e. The Morgan fingerprint density at radius 3 is 2.64 bits per heavy atom. The first-order chi connectivity index (χ1) is 6.58. The van der Waals surface area contributed by atoms with E-state index in [0.717, 1.165) is 19.1 Å². The Bertz CT molecular complexity index is 148. The van der Waals surface area contributed by atoms with Crippen LogP contribution in [0.15, 0.2) is 0 Å². The van der Waals surface area contributed by atoms with Crippen LogP contribution in [0.5, 0.6) is 0 Å². The first-order valence-electron chi connectivity index (χ1n) is 5.64. The maximum Gasteiger partial charge on any atom is 0.0159 e. The summed E-state index contributed by atoms with van der Waals surface area (Å²) >= 11 is 2.08. The van der Waals surface area contributed by atoms with Gasteiger partial charge in [-0.3, -0.25) is 0 Å². The van der Waals surface area contributed by atoms with Crippen molar-refractivity contribution in [2.24, 2.45) is 0 Å². The van der Waals surface area contributed by atoms with Gasteiger partial charge in [0.1, 0.15) is 0 Å². The molecule has 14 heavy (non-hydrogen) atoms. The Morgan fingerprint density at radius 2 is 2.07 bits per heavy atom. The second kappa shape index (κ2) is 5.99. The molecule has 1 atom stereocenters. The SMILES string of the molecule is CC(C)(C)NCCNC1CCCSC1. The summed E-state index contributed by atoms with van der Waals surface area (Å²) in [7, 11) is 0. The van der Waals surface area contributed by atoms with Crippen LogP contribution in [0.3, 0.4) is 0 Å². The van der Waals surface area contributed by atoms with Crippen LogP contribution in [-0.2, 0) is 0 Å². The summed E-state index contributed by atoms with van der Waals surface area (Å²) in [6.45, 7) is 8.81. The molecule has 0 spiro atoms. The van der Waals surface area contributed by atoms with E-state index in [1.807, 2.05) is 0 Å². The molecule has 0 aromatic carbocycles. The van der Waals surface area contributed by atoms with Crippen molar-refractivity contribution in [2.45, 2.75) is 45.2 Å². The van der Waals surface area contributed by atoms with E-state index < -0.39 is 0 Å². The molecule has 1 aliphatic heterocycles. The minimum atomic E-state index is 0.253. The highest BCUT2D eigenvalue weighted by molar-refractivity contribution is 7.99. The zero-order chi connectivity index (χ0) is 10.4. The van der Waals surface area contributed by atoms with Crippen molar-refractivity contribution in [1.82, 2.24) is 10.6 Å². The summed E-state index contributed by atoms with van der Waals surface area (Å²) < 4.78 is 0. The van der Waals surface area contributed by atoms with Gasteiger partial charge in [-0.2, -0.15) is 11.8 Å². The lowest BCUT2D eigenvalue weighted by molar-refractivity contribution is 0.408. The smallest absolute Gasteiger partial charge is 0.0159 e. The normalized spacial score (nSPS) is 23.8. The summed E-state index contributed by atoms with van der Waals surface area (Å²) in [6.07, 6.45) is 2.75. The zero-order valence-corrected chi connectivity index (χ0v) is 10.5. The fourth-order valence-corrected chi connectivity index (χ4v) is 2.72.